The Kier molecular flexibility index (Phi) is 9.25. The number of rotatable bonds is 10. The van der Waals surface area contributed by atoms with Crippen molar-refractivity contribution in [1.82, 2.24) is 10.6 Å². The molecule has 0 aliphatic carbocycles. The van der Waals surface area contributed by atoms with E-state index < -0.39 is 12.0 Å². The number of ether oxygens (including phenoxy) is 1. The van der Waals surface area contributed by atoms with E-state index in [1.807, 2.05) is 81.4 Å². The minimum absolute atomic E-state index is 0.112. The molecule has 1 atom stereocenters. The van der Waals surface area contributed by atoms with Gasteiger partial charge in [-0.25, -0.2) is 4.79 Å². The predicted molar refractivity (Wildman–Crippen MR) is 120 cm³/mol. The molecular formula is C25H32N2O4. The number of aryl methyl sites for hydroxylation is 1. The Labute approximate surface area is 184 Å². The highest BCUT2D eigenvalue weighted by Crippen LogP contribution is 2.08. The molecule has 0 heterocycles. The highest BCUT2D eigenvalue weighted by molar-refractivity contribution is 5.85. The lowest BCUT2D eigenvalue weighted by Gasteiger charge is -2.22. The van der Waals surface area contributed by atoms with Crippen molar-refractivity contribution in [1.29, 1.82) is 0 Å². The van der Waals surface area contributed by atoms with Gasteiger partial charge in [0.15, 0.2) is 0 Å². The molecule has 6 heteroatoms. The topological polar surface area (TPSA) is 84.5 Å². The summed E-state index contributed by atoms with van der Waals surface area (Å²) in [4.78, 5) is 37.3. The van der Waals surface area contributed by atoms with Crippen LogP contribution in [0.4, 0.5) is 0 Å². The fourth-order valence-corrected chi connectivity index (χ4v) is 3.00. The maximum Gasteiger partial charge on any atom is 0.328 e. The van der Waals surface area contributed by atoms with Gasteiger partial charge in [0.2, 0.25) is 11.8 Å². The molecule has 0 bridgehead atoms. The van der Waals surface area contributed by atoms with Crippen molar-refractivity contribution in [3.05, 3.63) is 71.8 Å². The van der Waals surface area contributed by atoms with Gasteiger partial charge in [0.1, 0.15) is 12.6 Å². The summed E-state index contributed by atoms with van der Waals surface area (Å²) in [7, 11) is 0. The fourth-order valence-electron chi connectivity index (χ4n) is 3.00. The van der Waals surface area contributed by atoms with Crippen molar-refractivity contribution in [2.24, 2.45) is 0 Å². The van der Waals surface area contributed by atoms with E-state index >= 15 is 0 Å². The van der Waals surface area contributed by atoms with Gasteiger partial charge < -0.3 is 15.4 Å². The molecule has 0 spiro atoms. The minimum Gasteiger partial charge on any atom is -0.459 e. The van der Waals surface area contributed by atoms with Crippen LogP contribution in [0.5, 0.6) is 0 Å². The van der Waals surface area contributed by atoms with Crippen LogP contribution in [0.25, 0.3) is 0 Å². The number of hydrogen-bond donors (Lipinski definition) is 2. The van der Waals surface area contributed by atoms with Crippen LogP contribution in [-0.4, -0.2) is 29.4 Å². The number of amides is 2. The van der Waals surface area contributed by atoms with Crippen LogP contribution in [0.1, 0.15) is 51.2 Å². The quantitative estimate of drug-likeness (QED) is 0.572. The second kappa shape index (κ2) is 11.9. The van der Waals surface area contributed by atoms with Gasteiger partial charge in [0, 0.05) is 18.4 Å². The van der Waals surface area contributed by atoms with E-state index in [4.69, 9.17) is 4.74 Å². The van der Waals surface area contributed by atoms with Gasteiger partial charge in [-0.2, -0.15) is 0 Å². The molecule has 31 heavy (non-hydrogen) atoms. The maximum absolute atomic E-state index is 12.7. The van der Waals surface area contributed by atoms with Crippen LogP contribution >= 0.6 is 0 Å². The third-order valence-electron chi connectivity index (χ3n) is 4.50. The average molecular weight is 425 g/mol. The Morgan fingerprint density at radius 3 is 2.00 bits per heavy atom. The Morgan fingerprint density at radius 2 is 1.42 bits per heavy atom. The first-order valence-electron chi connectivity index (χ1n) is 10.6. The first kappa shape index (κ1) is 24.1. The van der Waals surface area contributed by atoms with Crippen LogP contribution in [0, 0.1) is 0 Å². The lowest BCUT2D eigenvalue weighted by atomic mass is 10.1. The van der Waals surface area contributed by atoms with Crippen molar-refractivity contribution in [3.8, 4) is 0 Å². The van der Waals surface area contributed by atoms with Crippen LogP contribution in [0.3, 0.4) is 0 Å². The monoisotopic (exact) mass is 424 g/mol. The Hall–Kier alpha value is -3.15. The molecule has 2 aromatic carbocycles. The van der Waals surface area contributed by atoms with Crippen molar-refractivity contribution in [2.45, 2.75) is 64.6 Å². The molecule has 2 N–H and O–H groups in total. The number of carbonyl (C=O) groups is 3. The summed E-state index contributed by atoms with van der Waals surface area (Å²) in [5, 5.41) is 5.62. The molecule has 0 aliphatic rings. The van der Waals surface area contributed by atoms with Gasteiger partial charge in [0.05, 0.1) is 0 Å². The first-order valence-corrected chi connectivity index (χ1v) is 10.6. The normalized spacial score (nSPS) is 12.0. The highest BCUT2D eigenvalue weighted by Gasteiger charge is 2.24. The standard InChI is InChI=1S/C25H32N2O4/c1-25(2,3)27-23(29)17-15-21(24(30)31-18-20-12-8-5-9-13-20)26-22(28)16-14-19-10-6-4-7-11-19/h4-13,21H,14-18H2,1-3H3,(H,26,28)(H,27,29). The van der Waals surface area contributed by atoms with Gasteiger partial charge in [0.25, 0.3) is 0 Å². The molecule has 166 valence electrons. The summed E-state index contributed by atoms with van der Waals surface area (Å²) in [6.45, 7) is 5.79. The minimum atomic E-state index is -0.877. The van der Waals surface area contributed by atoms with Crippen LogP contribution in [0.15, 0.2) is 60.7 Å². The highest BCUT2D eigenvalue weighted by atomic mass is 16.5. The van der Waals surface area contributed by atoms with E-state index in [0.29, 0.717) is 6.42 Å². The molecule has 2 aromatic rings. The number of hydrogen-bond acceptors (Lipinski definition) is 4. The second-order valence-electron chi connectivity index (χ2n) is 8.54. The molecule has 0 radical (unpaired) electrons. The van der Waals surface area contributed by atoms with E-state index in [2.05, 4.69) is 10.6 Å². The summed E-state index contributed by atoms with van der Waals surface area (Å²) >= 11 is 0. The third kappa shape index (κ3) is 9.94. The van der Waals surface area contributed by atoms with E-state index in [1.54, 1.807) is 0 Å². The molecule has 2 amide bonds. The van der Waals surface area contributed by atoms with E-state index in [0.717, 1.165) is 11.1 Å². The van der Waals surface area contributed by atoms with Gasteiger partial charge in [-0.15, -0.1) is 0 Å². The molecule has 1 unspecified atom stereocenters. The summed E-state index contributed by atoms with van der Waals surface area (Å²) in [6.07, 6.45) is 1.11. The largest absolute Gasteiger partial charge is 0.459 e. The van der Waals surface area contributed by atoms with Crippen molar-refractivity contribution < 1.29 is 19.1 Å². The summed E-state index contributed by atoms with van der Waals surface area (Å²) < 4.78 is 5.40. The zero-order chi connectivity index (χ0) is 22.7. The van der Waals surface area contributed by atoms with Gasteiger partial charge >= 0.3 is 5.97 Å². The van der Waals surface area contributed by atoms with Crippen LogP contribution in [0.2, 0.25) is 0 Å². The zero-order valence-corrected chi connectivity index (χ0v) is 18.5. The van der Waals surface area contributed by atoms with E-state index in [1.165, 1.54) is 0 Å². The Bertz CT molecular complexity index is 845. The van der Waals surface area contributed by atoms with Crippen LogP contribution < -0.4 is 10.6 Å². The number of nitrogens with one attached hydrogen (secondary N) is 2. The summed E-state index contributed by atoms with van der Waals surface area (Å²) in [5.74, 6) is -0.964. The Balaban J connectivity index is 1.93. The lowest BCUT2D eigenvalue weighted by Crippen LogP contribution is -2.44. The van der Waals surface area contributed by atoms with Crippen LogP contribution in [-0.2, 0) is 32.1 Å². The SMILES string of the molecule is CC(C)(C)NC(=O)CCC(NC(=O)CCc1ccccc1)C(=O)OCc1ccccc1. The van der Waals surface area contributed by atoms with Gasteiger partial charge in [-0.05, 0) is 44.7 Å². The number of carbonyl (C=O) groups excluding carboxylic acids is 3. The fraction of sp³-hybridized carbons (Fsp3) is 0.400. The average Bonchev–Trinajstić information content (AvgIpc) is 2.73. The zero-order valence-electron chi connectivity index (χ0n) is 18.5. The van der Waals surface area contributed by atoms with Crippen molar-refractivity contribution in [2.75, 3.05) is 0 Å². The van der Waals surface area contributed by atoms with E-state index in [-0.39, 0.29) is 43.2 Å². The summed E-state index contributed by atoms with van der Waals surface area (Å²) in [5.41, 5.74) is 1.54. The lowest BCUT2D eigenvalue weighted by molar-refractivity contribution is -0.149. The molecule has 0 aliphatic heterocycles. The smallest absolute Gasteiger partial charge is 0.328 e. The predicted octanol–water partition coefficient (Wildman–Crippen LogP) is 3.54. The molecule has 0 saturated heterocycles. The number of esters is 1. The molecule has 2 rings (SSSR count). The molecule has 6 nitrogen and oxygen atoms in total. The third-order valence-corrected chi connectivity index (χ3v) is 4.50. The van der Waals surface area contributed by atoms with Crippen molar-refractivity contribution >= 4 is 17.8 Å². The van der Waals surface area contributed by atoms with E-state index in [9.17, 15) is 14.4 Å². The van der Waals surface area contributed by atoms with Gasteiger partial charge in [-0.3, -0.25) is 9.59 Å². The number of benzene rings is 2. The van der Waals surface area contributed by atoms with Crippen molar-refractivity contribution in [3.63, 3.8) is 0 Å². The Morgan fingerprint density at radius 1 is 0.839 bits per heavy atom. The molecule has 0 fully saturated rings. The van der Waals surface area contributed by atoms with Gasteiger partial charge in [-0.1, -0.05) is 60.7 Å². The molecule has 0 aromatic heterocycles. The first-order chi connectivity index (χ1) is 14.7. The molecule has 0 saturated carbocycles. The summed E-state index contributed by atoms with van der Waals surface area (Å²) in [6, 6.07) is 18.1. The maximum atomic E-state index is 12.7. The second-order valence-corrected chi connectivity index (χ2v) is 8.54. The molecular weight excluding hydrogens is 392 g/mol.